The lowest BCUT2D eigenvalue weighted by atomic mass is 10.2. The molecule has 0 saturated carbocycles. The third-order valence-corrected chi connectivity index (χ3v) is 5.89. The zero-order valence-corrected chi connectivity index (χ0v) is 18.5. The Balaban J connectivity index is 1.83. The van der Waals surface area contributed by atoms with Crippen molar-refractivity contribution in [2.45, 2.75) is 26.4 Å². The number of benzene rings is 2. The second-order valence-electron chi connectivity index (χ2n) is 6.74. The molecule has 0 aromatic heterocycles. The molecule has 2 aromatic rings. The summed E-state index contributed by atoms with van der Waals surface area (Å²) in [6.07, 6.45) is 0. The minimum atomic E-state index is -0.519. The number of hydrogen-bond donors (Lipinski definition) is 0. The van der Waals surface area contributed by atoms with E-state index in [9.17, 15) is 9.59 Å². The van der Waals surface area contributed by atoms with Crippen molar-refractivity contribution in [3.63, 3.8) is 0 Å². The number of methoxy groups -OCH3 is 1. The molecular formula is C21H24IO6+. The molecule has 0 aliphatic rings. The number of ether oxygens (including phenoxy) is 4. The third kappa shape index (κ3) is 8.16. The highest BCUT2D eigenvalue weighted by atomic mass is 127. The van der Waals surface area contributed by atoms with Crippen LogP contribution in [0, 0.1) is 7.14 Å². The molecule has 0 saturated heterocycles. The third-order valence-electron chi connectivity index (χ3n) is 3.21. The minimum Gasteiger partial charge on any atom is -0.482 e. The predicted molar refractivity (Wildman–Crippen MR) is 99.1 cm³/mol. The first-order valence-corrected chi connectivity index (χ1v) is 10.8. The van der Waals surface area contributed by atoms with Gasteiger partial charge in [-0.1, -0.05) is 0 Å². The fraction of sp³-hybridized carbons (Fsp3) is 0.333. The lowest BCUT2D eigenvalue weighted by Gasteiger charge is -2.19. The van der Waals surface area contributed by atoms with Crippen molar-refractivity contribution in [3.8, 4) is 11.5 Å². The quantitative estimate of drug-likeness (QED) is 0.379. The van der Waals surface area contributed by atoms with E-state index < -0.39 is 17.5 Å². The van der Waals surface area contributed by atoms with Crippen molar-refractivity contribution in [2.75, 3.05) is 20.3 Å². The second kappa shape index (κ2) is 10.3. The highest BCUT2D eigenvalue weighted by Crippen LogP contribution is 2.11. The maximum atomic E-state index is 11.7. The lowest BCUT2D eigenvalue weighted by Crippen LogP contribution is -3.61. The molecule has 0 amide bonds. The van der Waals surface area contributed by atoms with E-state index in [0.29, 0.717) is 11.5 Å². The van der Waals surface area contributed by atoms with Crippen LogP contribution in [0.1, 0.15) is 20.8 Å². The average Bonchev–Trinajstić information content (AvgIpc) is 2.65. The maximum absolute atomic E-state index is 11.7. The Bertz CT molecular complexity index is 778. The van der Waals surface area contributed by atoms with E-state index in [4.69, 9.17) is 14.2 Å². The van der Waals surface area contributed by atoms with Crippen LogP contribution < -0.4 is 30.7 Å². The van der Waals surface area contributed by atoms with E-state index in [1.807, 2.05) is 69.3 Å². The summed E-state index contributed by atoms with van der Waals surface area (Å²) in [7, 11) is 1.33. The van der Waals surface area contributed by atoms with Crippen LogP contribution in [0.5, 0.6) is 11.5 Å². The van der Waals surface area contributed by atoms with Crippen molar-refractivity contribution in [1.29, 1.82) is 0 Å². The number of halogens is 1. The average molecular weight is 499 g/mol. The molecule has 0 N–H and O–H groups in total. The lowest BCUT2D eigenvalue weighted by molar-refractivity contribution is -0.597. The summed E-state index contributed by atoms with van der Waals surface area (Å²) in [6.45, 7) is 5.25. The molecule has 0 aliphatic carbocycles. The van der Waals surface area contributed by atoms with Gasteiger partial charge in [0.05, 0.1) is 7.11 Å². The van der Waals surface area contributed by atoms with Gasteiger partial charge in [-0.2, -0.15) is 0 Å². The Hall–Kier alpha value is -2.29. The molecule has 0 fully saturated rings. The van der Waals surface area contributed by atoms with Crippen LogP contribution in [-0.4, -0.2) is 37.9 Å². The van der Waals surface area contributed by atoms with Crippen molar-refractivity contribution >= 4 is 11.9 Å². The summed E-state index contributed by atoms with van der Waals surface area (Å²) in [5.74, 6) is 0.457. The Morgan fingerprint density at radius 1 is 0.786 bits per heavy atom. The first kappa shape index (κ1) is 22.0. The molecule has 2 rings (SSSR count). The molecule has 6 nitrogen and oxygen atoms in total. The first-order chi connectivity index (χ1) is 13.2. The number of esters is 2. The Morgan fingerprint density at radius 2 is 1.21 bits per heavy atom. The van der Waals surface area contributed by atoms with Gasteiger partial charge < -0.3 is 18.9 Å². The Morgan fingerprint density at radius 3 is 1.61 bits per heavy atom. The monoisotopic (exact) mass is 499 g/mol. The fourth-order valence-corrected chi connectivity index (χ4v) is 4.19. The van der Waals surface area contributed by atoms with E-state index in [2.05, 4.69) is 4.74 Å². The van der Waals surface area contributed by atoms with Gasteiger partial charge in [0.25, 0.3) is 0 Å². The smallest absolute Gasteiger partial charge is 0.357 e. The molecule has 0 spiro atoms. The molecule has 2 aromatic carbocycles. The van der Waals surface area contributed by atoms with Gasteiger partial charge in [0.15, 0.2) is 20.4 Å². The zero-order chi connectivity index (χ0) is 20.6. The second-order valence-corrected chi connectivity index (χ2v) is 9.77. The number of rotatable bonds is 8. The summed E-state index contributed by atoms with van der Waals surface area (Å²) in [4.78, 5) is 22.8. The highest BCUT2D eigenvalue weighted by molar-refractivity contribution is 5.71. The number of carbonyl (C=O) groups excluding carboxylic acids is 2. The van der Waals surface area contributed by atoms with Gasteiger partial charge in [-0.25, -0.2) is 9.59 Å². The van der Waals surface area contributed by atoms with Gasteiger partial charge in [-0.3, -0.25) is 0 Å². The van der Waals surface area contributed by atoms with Crippen molar-refractivity contribution < 1.29 is 49.7 Å². The molecule has 0 aliphatic heterocycles. The first-order valence-electron chi connectivity index (χ1n) is 8.64. The number of hydrogen-bond acceptors (Lipinski definition) is 6. The molecule has 7 heteroatoms. The summed E-state index contributed by atoms with van der Waals surface area (Å²) >= 11 is -0.359. The van der Waals surface area contributed by atoms with Crippen LogP contribution in [0.25, 0.3) is 0 Å². The summed E-state index contributed by atoms with van der Waals surface area (Å²) in [5.41, 5.74) is -0.519. The largest absolute Gasteiger partial charge is 0.482 e. The van der Waals surface area contributed by atoms with Gasteiger partial charge in [-0.05, 0) is 69.3 Å². The molecule has 28 heavy (non-hydrogen) atoms. The van der Waals surface area contributed by atoms with Crippen LogP contribution in [0.15, 0.2) is 48.5 Å². The van der Waals surface area contributed by atoms with E-state index in [-0.39, 0.29) is 34.4 Å². The number of carbonyl (C=O) groups is 2. The molecule has 0 bridgehead atoms. The van der Waals surface area contributed by atoms with Crippen LogP contribution in [0.2, 0.25) is 0 Å². The molecule has 0 heterocycles. The van der Waals surface area contributed by atoms with Gasteiger partial charge >= 0.3 is 33.1 Å². The van der Waals surface area contributed by atoms with Crippen molar-refractivity contribution in [3.05, 3.63) is 55.7 Å². The Kier molecular flexibility index (Phi) is 8.10. The maximum Gasteiger partial charge on any atom is 0.357 e. The zero-order valence-electron chi connectivity index (χ0n) is 16.4. The van der Waals surface area contributed by atoms with Crippen molar-refractivity contribution in [1.82, 2.24) is 0 Å². The predicted octanol–water partition coefficient (Wildman–Crippen LogP) is 0.0873. The summed E-state index contributed by atoms with van der Waals surface area (Å²) in [5, 5.41) is 0. The molecule has 0 atom stereocenters. The minimum absolute atomic E-state index is 0.102. The normalized spacial score (nSPS) is 10.9. The van der Waals surface area contributed by atoms with Gasteiger partial charge in [-0.15, -0.1) is 0 Å². The van der Waals surface area contributed by atoms with E-state index in [1.54, 1.807) is 0 Å². The molecular weight excluding hydrogens is 475 g/mol. The van der Waals surface area contributed by atoms with E-state index >= 15 is 0 Å². The van der Waals surface area contributed by atoms with E-state index in [0.717, 1.165) is 0 Å². The van der Waals surface area contributed by atoms with Crippen molar-refractivity contribution in [2.24, 2.45) is 0 Å². The molecule has 0 unspecified atom stereocenters. The van der Waals surface area contributed by atoms with Gasteiger partial charge in [0, 0.05) is 0 Å². The highest BCUT2D eigenvalue weighted by Gasteiger charge is 2.18. The standard InChI is InChI=1S/C21H24IO6/c1-21(2,3)28-20(24)14-27-18-11-7-16(8-12-18)22-15-5-9-17(10-6-15)26-13-19(23)25-4/h5-12H,13-14H2,1-4H3/q+1. The van der Waals surface area contributed by atoms with Crippen LogP contribution in [-0.2, 0) is 19.1 Å². The topological polar surface area (TPSA) is 71.1 Å². The van der Waals surface area contributed by atoms with Gasteiger partial charge in [0.2, 0.25) is 0 Å². The SMILES string of the molecule is COC(=O)COc1ccc([I+]c2ccc(OCC(=O)OC(C)(C)C)cc2)cc1. The Labute approximate surface area is 175 Å². The van der Waals surface area contributed by atoms with Crippen LogP contribution in [0.3, 0.4) is 0 Å². The van der Waals surface area contributed by atoms with Crippen LogP contribution >= 0.6 is 0 Å². The fourth-order valence-electron chi connectivity index (χ4n) is 2.03. The van der Waals surface area contributed by atoms with E-state index in [1.165, 1.54) is 14.3 Å². The summed E-state index contributed by atoms with van der Waals surface area (Å²) < 4.78 is 23.0. The summed E-state index contributed by atoms with van der Waals surface area (Å²) in [6, 6.07) is 15.4. The van der Waals surface area contributed by atoms with Crippen LogP contribution in [0.4, 0.5) is 0 Å². The molecule has 150 valence electrons. The van der Waals surface area contributed by atoms with Gasteiger partial charge in [0.1, 0.15) is 17.1 Å². The molecule has 0 radical (unpaired) electrons.